The highest BCUT2D eigenvalue weighted by molar-refractivity contribution is 8.18. The molecule has 1 amide bonds. The molecule has 28 heavy (non-hydrogen) atoms. The van der Waals surface area contributed by atoms with Crippen molar-refractivity contribution in [1.82, 2.24) is 0 Å². The number of hydrogen-bond acceptors (Lipinski definition) is 7. The molecule has 0 aromatic heterocycles. The van der Waals surface area contributed by atoms with Crippen LogP contribution in [0, 0.1) is 0 Å². The first-order chi connectivity index (χ1) is 13.4. The molecule has 1 unspecified atom stereocenters. The second kappa shape index (κ2) is 11.0. The molecule has 0 spiro atoms. The van der Waals surface area contributed by atoms with Crippen molar-refractivity contribution in [3.05, 3.63) is 23.8 Å². The van der Waals surface area contributed by atoms with E-state index < -0.39 is 6.04 Å². The van der Waals surface area contributed by atoms with Crippen molar-refractivity contribution in [2.45, 2.75) is 49.1 Å². The van der Waals surface area contributed by atoms with Crippen molar-refractivity contribution in [2.75, 3.05) is 31.0 Å². The monoisotopic (exact) mass is 426 g/mol. The number of thioether (sulfide) groups is 2. The lowest BCUT2D eigenvalue weighted by Gasteiger charge is -2.38. The molecule has 0 bridgehead atoms. The van der Waals surface area contributed by atoms with Crippen molar-refractivity contribution in [3.8, 4) is 5.75 Å². The van der Waals surface area contributed by atoms with Gasteiger partial charge in [-0.25, -0.2) is 0 Å². The van der Waals surface area contributed by atoms with Crippen LogP contribution < -0.4 is 15.8 Å². The van der Waals surface area contributed by atoms with Crippen LogP contribution in [0.1, 0.15) is 44.6 Å². The Morgan fingerprint density at radius 2 is 1.96 bits per heavy atom. The van der Waals surface area contributed by atoms with Gasteiger partial charge in [0.15, 0.2) is 0 Å². The Kier molecular flexibility index (Phi) is 8.98. The summed E-state index contributed by atoms with van der Waals surface area (Å²) < 4.78 is 9.94. The van der Waals surface area contributed by atoms with E-state index in [0.29, 0.717) is 12.2 Å². The molecular weight excluding hydrogens is 396 g/mol. The molecule has 1 heterocycles. The molecule has 1 aliphatic heterocycles. The number of hydrogen-bond donors (Lipinski definition) is 2. The minimum Gasteiger partial charge on any atom is -0.497 e. The van der Waals surface area contributed by atoms with E-state index in [2.05, 4.69) is 5.32 Å². The summed E-state index contributed by atoms with van der Waals surface area (Å²) in [7, 11) is 3.03. The number of nitrogens with two attached hydrogens (primary N) is 1. The van der Waals surface area contributed by atoms with E-state index in [4.69, 9.17) is 15.2 Å². The topological polar surface area (TPSA) is 90.6 Å². The molecule has 156 valence electrons. The number of methoxy groups -OCH3 is 2. The summed E-state index contributed by atoms with van der Waals surface area (Å²) in [5.74, 6) is 2.43. The fraction of sp³-hybridized carbons (Fsp3) is 0.600. The number of nitrogens with one attached hydrogen (secondary N) is 1. The largest absolute Gasteiger partial charge is 0.497 e. The Morgan fingerprint density at radius 1 is 1.25 bits per heavy atom. The zero-order valence-electron chi connectivity index (χ0n) is 16.8. The van der Waals surface area contributed by atoms with Crippen molar-refractivity contribution >= 4 is 41.1 Å². The van der Waals surface area contributed by atoms with Crippen molar-refractivity contribution in [2.24, 2.45) is 5.73 Å². The van der Waals surface area contributed by atoms with Gasteiger partial charge in [0.1, 0.15) is 5.75 Å². The van der Waals surface area contributed by atoms with Gasteiger partial charge < -0.3 is 20.5 Å². The summed E-state index contributed by atoms with van der Waals surface area (Å²) in [5, 5.41) is 2.98. The molecule has 3 N–H and O–H groups in total. The number of amides is 1. The smallest absolute Gasteiger partial charge is 0.305 e. The normalized spacial score (nSPS) is 16.9. The van der Waals surface area contributed by atoms with Crippen LogP contribution in [0.2, 0.25) is 0 Å². The summed E-state index contributed by atoms with van der Waals surface area (Å²) in [5.41, 5.74) is 7.58. The number of carbonyl (C=O) groups excluding carboxylic acids is 2. The fourth-order valence-electron chi connectivity index (χ4n) is 3.07. The van der Waals surface area contributed by atoms with Gasteiger partial charge in [0.25, 0.3) is 0 Å². The number of ether oxygens (including phenoxy) is 2. The molecule has 6 nitrogen and oxygen atoms in total. The van der Waals surface area contributed by atoms with Gasteiger partial charge in [-0.1, -0.05) is 12.5 Å². The molecule has 1 aromatic carbocycles. The summed E-state index contributed by atoms with van der Waals surface area (Å²) in [6, 6.07) is 5.24. The van der Waals surface area contributed by atoms with E-state index in [1.165, 1.54) is 7.11 Å². The number of esters is 1. The van der Waals surface area contributed by atoms with Crippen LogP contribution >= 0.6 is 23.5 Å². The van der Waals surface area contributed by atoms with Gasteiger partial charge in [0.2, 0.25) is 5.91 Å². The van der Waals surface area contributed by atoms with E-state index in [9.17, 15) is 9.59 Å². The number of anilines is 1. The van der Waals surface area contributed by atoms with Gasteiger partial charge in [-0.2, -0.15) is 0 Å². The predicted octanol–water partition coefficient (Wildman–Crippen LogP) is 3.74. The number of carbonyl (C=O) groups is 2. The lowest BCUT2D eigenvalue weighted by molar-refractivity contribution is -0.140. The van der Waals surface area contributed by atoms with Crippen LogP contribution in [0.3, 0.4) is 0 Å². The molecule has 0 radical (unpaired) electrons. The maximum Gasteiger partial charge on any atom is 0.305 e. The summed E-state index contributed by atoms with van der Waals surface area (Å²) in [4.78, 5) is 23.7. The van der Waals surface area contributed by atoms with E-state index in [-0.39, 0.29) is 16.0 Å². The van der Waals surface area contributed by atoms with Crippen LogP contribution in [0.25, 0.3) is 0 Å². The van der Waals surface area contributed by atoms with Gasteiger partial charge in [0.05, 0.1) is 24.3 Å². The first-order valence-electron chi connectivity index (χ1n) is 9.51. The molecule has 1 aliphatic rings. The Morgan fingerprint density at radius 3 is 2.57 bits per heavy atom. The van der Waals surface area contributed by atoms with Gasteiger partial charge in [-0.05, 0) is 43.8 Å². The molecule has 0 aliphatic carbocycles. The van der Waals surface area contributed by atoms with E-state index in [1.807, 2.05) is 41.7 Å². The van der Waals surface area contributed by atoms with Crippen molar-refractivity contribution < 1.29 is 19.1 Å². The van der Waals surface area contributed by atoms with Gasteiger partial charge >= 0.3 is 5.97 Å². The molecule has 1 aromatic rings. The van der Waals surface area contributed by atoms with E-state index in [0.717, 1.165) is 48.4 Å². The Balaban J connectivity index is 2.28. The minimum absolute atomic E-state index is 0.166. The number of rotatable bonds is 9. The number of unbranched alkanes of at least 4 members (excludes halogenated alkanes) is 1. The molecule has 8 heteroatoms. The highest BCUT2D eigenvalue weighted by Gasteiger charge is 2.37. The van der Waals surface area contributed by atoms with Gasteiger partial charge in [-0.3, -0.25) is 9.59 Å². The standard InChI is InChI=1S/C20H30N2O4S2/c1-14(21)19(24)22-17-13-15(25-2)8-9-16(17)20(27-11-6-12-28-20)10-5-4-7-18(23)26-3/h8-9,13-14H,4-7,10-12,21H2,1-3H3,(H,22,24). The van der Waals surface area contributed by atoms with E-state index >= 15 is 0 Å². The van der Waals surface area contributed by atoms with Crippen molar-refractivity contribution in [1.29, 1.82) is 0 Å². The predicted molar refractivity (Wildman–Crippen MR) is 117 cm³/mol. The first kappa shape index (κ1) is 22.9. The third-order valence-corrected chi connectivity index (χ3v) is 8.11. The molecule has 1 fully saturated rings. The lowest BCUT2D eigenvalue weighted by Crippen LogP contribution is -2.34. The van der Waals surface area contributed by atoms with Crippen LogP contribution in [0.15, 0.2) is 18.2 Å². The zero-order valence-corrected chi connectivity index (χ0v) is 18.4. The Labute approximate surface area is 175 Å². The molecule has 1 atom stereocenters. The summed E-state index contributed by atoms with van der Waals surface area (Å²) in [6.45, 7) is 1.67. The summed E-state index contributed by atoms with van der Waals surface area (Å²) >= 11 is 3.83. The second-order valence-electron chi connectivity index (χ2n) is 6.78. The van der Waals surface area contributed by atoms with Crippen molar-refractivity contribution in [3.63, 3.8) is 0 Å². The maximum atomic E-state index is 12.3. The average molecular weight is 427 g/mol. The number of benzene rings is 1. The van der Waals surface area contributed by atoms with Crippen LogP contribution in [-0.4, -0.2) is 43.6 Å². The highest BCUT2D eigenvalue weighted by Crippen LogP contribution is 2.55. The molecule has 1 saturated heterocycles. The fourth-order valence-corrected chi connectivity index (χ4v) is 6.57. The van der Waals surface area contributed by atoms with Gasteiger partial charge in [0, 0.05) is 23.7 Å². The maximum absolute atomic E-state index is 12.3. The average Bonchev–Trinajstić information content (AvgIpc) is 2.71. The lowest BCUT2D eigenvalue weighted by atomic mass is 10.0. The molecule has 2 rings (SSSR count). The minimum atomic E-state index is -0.596. The Bertz CT molecular complexity index is 676. The van der Waals surface area contributed by atoms with Crippen LogP contribution in [-0.2, 0) is 18.4 Å². The highest BCUT2D eigenvalue weighted by atomic mass is 32.2. The first-order valence-corrected chi connectivity index (χ1v) is 11.5. The van der Waals surface area contributed by atoms with Crippen LogP contribution in [0.4, 0.5) is 5.69 Å². The van der Waals surface area contributed by atoms with Crippen LogP contribution in [0.5, 0.6) is 5.75 Å². The Hall–Kier alpha value is -1.38. The third-order valence-electron chi connectivity index (χ3n) is 4.63. The van der Waals surface area contributed by atoms with Gasteiger partial charge in [-0.15, -0.1) is 23.5 Å². The third kappa shape index (κ3) is 6.06. The summed E-state index contributed by atoms with van der Waals surface area (Å²) in [6.07, 6.45) is 4.19. The molecular formula is C20H30N2O4S2. The quantitative estimate of drug-likeness (QED) is 0.459. The van der Waals surface area contributed by atoms with E-state index in [1.54, 1.807) is 14.0 Å². The zero-order chi connectivity index (χ0) is 20.6. The SMILES string of the molecule is COC(=O)CCCCC1(c2ccc(OC)cc2NC(=O)C(C)N)SCCCS1. The molecule has 0 saturated carbocycles. The second-order valence-corrected chi connectivity index (χ2v) is 9.82.